The first-order valence-electron chi connectivity index (χ1n) is 7.50. The molecular weight excluding hydrogens is 318 g/mol. The van der Waals surface area contributed by atoms with Gasteiger partial charge in [0.2, 0.25) is 17.7 Å². The molecule has 8 heteroatoms. The molecule has 3 heterocycles. The summed E-state index contributed by atoms with van der Waals surface area (Å²) < 4.78 is 4.85. The monoisotopic (exact) mass is 337 g/mol. The third kappa shape index (κ3) is 3.23. The summed E-state index contributed by atoms with van der Waals surface area (Å²) in [5.41, 5.74) is 0. The zero-order chi connectivity index (χ0) is 16.4. The molecule has 2 atom stereocenters. The van der Waals surface area contributed by atoms with E-state index in [9.17, 15) is 14.4 Å². The Morgan fingerprint density at radius 3 is 2.96 bits per heavy atom. The van der Waals surface area contributed by atoms with Crippen molar-refractivity contribution in [1.82, 2.24) is 15.1 Å². The minimum Gasteiger partial charge on any atom is -0.375 e. The van der Waals surface area contributed by atoms with Crippen LogP contribution in [0.1, 0.15) is 4.88 Å². The molecule has 0 aromatic carbocycles. The smallest absolute Gasteiger partial charge is 0.248 e. The van der Waals surface area contributed by atoms with Gasteiger partial charge in [0, 0.05) is 31.5 Å². The summed E-state index contributed by atoms with van der Waals surface area (Å²) in [7, 11) is 1.46. The fraction of sp³-hybridized carbons (Fsp3) is 0.533. The van der Waals surface area contributed by atoms with Gasteiger partial charge in [0.05, 0.1) is 6.54 Å². The highest BCUT2D eigenvalue weighted by Crippen LogP contribution is 2.20. The van der Waals surface area contributed by atoms with Crippen molar-refractivity contribution in [2.24, 2.45) is 0 Å². The number of carbonyl (C=O) groups excluding carboxylic acids is 3. The number of rotatable bonds is 4. The highest BCUT2D eigenvalue weighted by Gasteiger charge is 2.44. The van der Waals surface area contributed by atoms with E-state index in [0.717, 1.165) is 4.88 Å². The van der Waals surface area contributed by atoms with Gasteiger partial charge in [-0.2, -0.15) is 0 Å². The fourth-order valence-electron chi connectivity index (χ4n) is 3.01. The Morgan fingerprint density at radius 1 is 1.43 bits per heavy atom. The number of fused-ring (bicyclic) bond motifs is 1. The van der Waals surface area contributed by atoms with Gasteiger partial charge in [-0.1, -0.05) is 6.07 Å². The van der Waals surface area contributed by atoms with E-state index in [1.165, 1.54) is 7.11 Å². The summed E-state index contributed by atoms with van der Waals surface area (Å²) in [4.78, 5) is 41.1. The highest BCUT2D eigenvalue weighted by molar-refractivity contribution is 7.09. The van der Waals surface area contributed by atoms with Gasteiger partial charge in [-0.25, -0.2) is 0 Å². The van der Waals surface area contributed by atoms with Crippen LogP contribution in [0.5, 0.6) is 0 Å². The molecule has 0 saturated carbocycles. The lowest BCUT2D eigenvalue weighted by atomic mass is 10.0. The van der Waals surface area contributed by atoms with Crippen LogP contribution in [0.3, 0.4) is 0 Å². The molecule has 1 N–H and O–H groups in total. The lowest BCUT2D eigenvalue weighted by Crippen LogP contribution is -2.70. The van der Waals surface area contributed by atoms with E-state index in [-0.39, 0.29) is 30.9 Å². The molecule has 3 rings (SSSR count). The Hall–Kier alpha value is -1.93. The van der Waals surface area contributed by atoms with E-state index in [1.807, 2.05) is 17.5 Å². The van der Waals surface area contributed by atoms with E-state index in [2.05, 4.69) is 5.32 Å². The number of amides is 3. The van der Waals surface area contributed by atoms with Crippen molar-refractivity contribution in [3.05, 3.63) is 22.4 Å². The molecule has 124 valence electrons. The summed E-state index contributed by atoms with van der Waals surface area (Å²) in [6, 6.07) is 2.77. The normalized spacial score (nSPS) is 24.4. The first kappa shape index (κ1) is 15.9. The quantitative estimate of drug-likeness (QED) is 0.801. The molecule has 2 aliphatic heterocycles. The Bertz CT molecular complexity index is 604. The number of ether oxygens (including phenoxy) is 1. The predicted octanol–water partition coefficient (Wildman–Crippen LogP) is -0.525. The number of hydrogen-bond donors (Lipinski definition) is 1. The van der Waals surface area contributed by atoms with Gasteiger partial charge in [-0.3, -0.25) is 14.4 Å². The van der Waals surface area contributed by atoms with Crippen LogP contribution in [0.2, 0.25) is 0 Å². The Morgan fingerprint density at radius 2 is 2.26 bits per heavy atom. The van der Waals surface area contributed by atoms with Gasteiger partial charge in [0.25, 0.3) is 0 Å². The zero-order valence-electron chi connectivity index (χ0n) is 12.9. The molecule has 0 bridgehead atoms. The lowest BCUT2D eigenvalue weighted by Gasteiger charge is -2.45. The Kier molecular flexibility index (Phi) is 4.63. The van der Waals surface area contributed by atoms with E-state index in [1.54, 1.807) is 21.1 Å². The SMILES string of the molecule is COCC(=O)N1CCN2C(=O)[C@H](Cc3cccs3)NC(=O)[C@@H]2C1. The molecule has 0 radical (unpaired) electrons. The zero-order valence-corrected chi connectivity index (χ0v) is 13.7. The van der Waals surface area contributed by atoms with Crippen LogP contribution in [0, 0.1) is 0 Å². The van der Waals surface area contributed by atoms with E-state index < -0.39 is 12.1 Å². The van der Waals surface area contributed by atoms with Gasteiger partial charge < -0.3 is 19.9 Å². The van der Waals surface area contributed by atoms with Crippen molar-refractivity contribution in [3.63, 3.8) is 0 Å². The van der Waals surface area contributed by atoms with Gasteiger partial charge in [0.15, 0.2) is 0 Å². The first-order valence-corrected chi connectivity index (χ1v) is 8.38. The molecule has 3 amide bonds. The number of thiophene rings is 1. The largest absolute Gasteiger partial charge is 0.375 e. The second kappa shape index (κ2) is 6.67. The Labute approximate surface area is 138 Å². The maximum atomic E-state index is 12.6. The van der Waals surface area contributed by atoms with Crippen molar-refractivity contribution in [2.45, 2.75) is 18.5 Å². The molecule has 1 aromatic heterocycles. The fourth-order valence-corrected chi connectivity index (χ4v) is 3.76. The van der Waals surface area contributed by atoms with Crippen LogP contribution in [0.4, 0.5) is 0 Å². The van der Waals surface area contributed by atoms with Crippen LogP contribution < -0.4 is 5.32 Å². The van der Waals surface area contributed by atoms with Crippen molar-refractivity contribution >= 4 is 29.1 Å². The van der Waals surface area contributed by atoms with E-state index in [4.69, 9.17) is 4.74 Å². The van der Waals surface area contributed by atoms with Crippen molar-refractivity contribution in [1.29, 1.82) is 0 Å². The molecule has 2 saturated heterocycles. The summed E-state index contributed by atoms with van der Waals surface area (Å²) >= 11 is 1.57. The van der Waals surface area contributed by atoms with Crippen molar-refractivity contribution < 1.29 is 19.1 Å². The summed E-state index contributed by atoms with van der Waals surface area (Å²) in [6.07, 6.45) is 0.512. The third-order valence-electron chi connectivity index (χ3n) is 4.19. The number of hydrogen-bond acceptors (Lipinski definition) is 5. The number of piperazine rings is 2. The molecule has 0 unspecified atom stereocenters. The number of nitrogens with one attached hydrogen (secondary N) is 1. The minimum atomic E-state index is -0.600. The lowest BCUT2D eigenvalue weighted by molar-refractivity contribution is -0.156. The number of carbonyl (C=O) groups is 3. The van der Waals surface area contributed by atoms with Crippen LogP contribution in [-0.2, 0) is 25.5 Å². The summed E-state index contributed by atoms with van der Waals surface area (Å²) in [6.45, 7) is 1.03. The van der Waals surface area contributed by atoms with Crippen LogP contribution in [0.25, 0.3) is 0 Å². The molecule has 0 spiro atoms. The number of methoxy groups -OCH3 is 1. The maximum absolute atomic E-state index is 12.6. The van der Waals surface area contributed by atoms with Gasteiger partial charge in [0.1, 0.15) is 18.7 Å². The molecule has 23 heavy (non-hydrogen) atoms. The highest BCUT2D eigenvalue weighted by atomic mass is 32.1. The Balaban J connectivity index is 1.68. The summed E-state index contributed by atoms with van der Waals surface area (Å²) in [5.74, 6) is -0.420. The second-order valence-electron chi connectivity index (χ2n) is 5.66. The topological polar surface area (TPSA) is 79.0 Å². The van der Waals surface area contributed by atoms with Crippen LogP contribution in [0.15, 0.2) is 17.5 Å². The first-order chi connectivity index (χ1) is 11.1. The second-order valence-corrected chi connectivity index (χ2v) is 6.70. The van der Waals surface area contributed by atoms with Crippen LogP contribution >= 0.6 is 11.3 Å². The van der Waals surface area contributed by atoms with Gasteiger partial charge in [-0.15, -0.1) is 11.3 Å². The number of nitrogens with zero attached hydrogens (tertiary/aromatic N) is 2. The van der Waals surface area contributed by atoms with Crippen molar-refractivity contribution in [2.75, 3.05) is 33.4 Å². The summed E-state index contributed by atoms with van der Waals surface area (Å²) in [5, 5.41) is 4.75. The molecular formula is C15H19N3O4S. The van der Waals surface area contributed by atoms with Gasteiger partial charge >= 0.3 is 0 Å². The third-order valence-corrected chi connectivity index (χ3v) is 5.09. The van der Waals surface area contributed by atoms with Crippen LogP contribution in [-0.4, -0.2) is 73.0 Å². The molecule has 1 aromatic rings. The molecule has 7 nitrogen and oxygen atoms in total. The molecule has 0 aliphatic carbocycles. The van der Waals surface area contributed by atoms with E-state index in [0.29, 0.717) is 19.5 Å². The van der Waals surface area contributed by atoms with Gasteiger partial charge in [-0.05, 0) is 11.4 Å². The average Bonchev–Trinajstić information content (AvgIpc) is 3.05. The minimum absolute atomic E-state index is 0.0106. The van der Waals surface area contributed by atoms with E-state index >= 15 is 0 Å². The predicted molar refractivity (Wildman–Crippen MR) is 83.9 cm³/mol. The standard InChI is InChI=1S/C15H19N3O4S/c1-22-9-13(19)17-4-5-18-12(8-17)14(20)16-11(15(18)21)7-10-3-2-6-23-10/h2-3,6,11-12H,4-5,7-9H2,1H3,(H,16,20)/t11-,12-/m0/s1. The van der Waals surface area contributed by atoms with Crippen molar-refractivity contribution in [3.8, 4) is 0 Å². The maximum Gasteiger partial charge on any atom is 0.248 e. The average molecular weight is 337 g/mol. The molecule has 2 fully saturated rings. The molecule has 2 aliphatic rings.